The van der Waals surface area contributed by atoms with Gasteiger partial charge in [-0.25, -0.2) is 0 Å². The van der Waals surface area contributed by atoms with Gasteiger partial charge < -0.3 is 9.47 Å². The third-order valence-electron chi connectivity index (χ3n) is 1.44. The molecular weight excluding hydrogens is 152 g/mol. The van der Waals surface area contributed by atoms with Crippen LogP contribution in [-0.2, 0) is 9.47 Å². The lowest BCUT2D eigenvalue weighted by molar-refractivity contribution is 0.151. The Morgan fingerprint density at radius 1 is 1.17 bits per heavy atom. The molecule has 0 N–H and O–H groups in total. The van der Waals surface area contributed by atoms with Crippen LogP contribution < -0.4 is 0 Å². The standard InChI is InChI=1S/C10H20O2/c1-3-5-8-12-10-7-6-9-11-4-2/h7,10H,3-6,8-9H2,1-2H3/b10-7+. The average molecular weight is 172 g/mol. The summed E-state index contributed by atoms with van der Waals surface area (Å²) in [5, 5.41) is 0. The van der Waals surface area contributed by atoms with Crippen molar-refractivity contribution in [2.24, 2.45) is 0 Å². The average Bonchev–Trinajstić information content (AvgIpc) is 2.10. The van der Waals surface area contributed by atoms with E-state index in [-0.39, 0.29) is 0 Å². The summed E-state index contributed by atoms with van der Waals surface area (Å²) >= 11 is 0. The van der Waals surface area contributed by atoms with Crippen molar-refractivity contribution >= 4 is 0 Å². The van der Waals surface area contributed by atoms with Crippen molar-refractivity contribution in [3.05, 3.63) is 12.3 Å². The minimum Gasteiger partial charge on any atom is -0.502 e. The largest absolute Gasteiger partial charge is 0.502 e. The van der Waals surface area contributed by atoms with Crippen LogP contribution in [-0.4, -0.2) is 19.8 Å². The Morgan fingerprint density at radius 2 is 2.00 bits per heavy atom. The van der Waals surface area contributed by atoms with Crippen LogP contribution in [0.25, 0.3) is 0 Å². The van der Waals surface area contributed by atoms with Gasteiger partial charge in [0.2, 0.25) is 0 Å². The highest BCUT2D eigenvalue weighted by atomic mass is 16.5. The molecule has 0 bridgehead atoms. The van der Waals surface area contributed by atoms with Crippen LogP contribution in [0.15, 0.2) is 12.3 Å². The van der Waals surface area contributed by atoms with E-state index in [2.05, 4.69) is 6.92 Å². The molecule has 0 fully saturated rings. The van der Waals surface area contributed by atoms with Crippen LogP contribution in [0.5, 0.6) is 0 Å². The Bertz CT molecular complexity index is 88.0. The molecule has 0 aliphatic rings. The highest BCUT2D eigenvalue weighted by Crippen LogP contribution is 1.90. The molecule has 0 aromatic carbocycles. The maximum atomic E-state index is 5.22. The second-order valence-corrected chi connectivity index (χ2v) is 2.58. The Labute approximate surface area is 75.6 Å². The molecule has 12 heavy (non-hydrogen) atoms. The van der Waals surface area contributed by atoms with Gasteiger partial charge in [-0.15, -0.1) is 0 Å². The molecule has 72 valence electrons. The number of unbranched alkanes of at least 4 members (excludes halogenated alkanes) is 1. The maximum Gasteiger partial charge on any atom is 0.0873 e. The summed E-state index contributed by atoms with van der Waals surface area (Å²) in [6.45, 7) is 6.58. The molecule has 0 saturated carbocycles. The predicted octanol–water partition coefficient (Wildman–Crippen LogP) is 2.74. The minimum absolute atomic E-state index is 0.796. The first-order chi connectivity index (χ1) is 5.91. The molecule has 0 rings (SSSR count). The zero-order valence-electron chi connectivity index (χ0n) is 8.21. The second kappa shape index (κ2) is 10.5. The first-order valence-electron chi connectivity index (χ1n) is 4.76. The van der Waals surface area contributed by atoms with E-state index in [1.807, 2.05) is 13.0 Å². The molecule has 0 atom stereocenters. The SMILES string of the molecule is CCCCO/C=C/CCOCC. The van der Waals surface area contributed by atoms with E-state index in [0.717, 1.165) is 32.7 Å². The number of hydrogen-bond acceptors (Lipinski definition) is 2. The van der Waals surface area contributed by atoms with Crippen molar-refractivity contribution in [3.63, 3.8) is 0 Å². The van der Waals surface area contributed by atoms with E-state index in [1.165, 1.54) is 6.42 Å². The highest BCUT2D eigenvalue weighted by molar-refractivity contribution is 4.72. The summed E-state index contributed by atoms with van der Waals surface area (Å²) in [6.07, 6.45) is 7.04. The Balaban J connectivity index is 2.93. The van der Waals surface area contributed by atoms with E-state index >= 15 is 0 Å². The molecule has 2 heteroatoms. The predicted molar refractivity (Wildman–Crippen MR) is 51.1 cm³/mol. The van der Waals surface area contributed by atoms with Crippen molar-refractivity contribution < 1.29 is 9.47 Å². The quantitative estimate of drug-likeness (QED) is 0.414. The van der Waals surface area contributed by atoms with Gasteiger partial charge in [0.15, 0.2) is 0 Å². The van der Waals surface area contributed by atoms with Crippen molar-refractivity contribution in [2.45, 2.75) is 33.1 Å². The normalized spacial score (nSPS) is 10.8. The Morgan fingerprint density at radius 3 is 2.67 bits per heavy atom. The van der Waals surface area contributed by atoms with Gasteiger partial charge in [-0.3, -0.25) is 0 Å². The Kier molecular flexibility index (Phi) is 10.1. The topological polar surface area (TPSA) is 18.5 Å². The van der Waals surface area contributed by atoms with Crippen molar-refractivity contribution in [3.8, 4) is 0 Å². The molecule has 2 nitrogen and oxygen atoms in total. The lowest BCUT2D eigenvalue weighted by Gasteiger charge is -1.98. The van der Waals surface area contributed by atoms with E-state index in [9.17, 15) is 0 Å². The fraction of sp³-hybridized carbons (Fsp3) is 0.800. The Hall–Kier alpha value is -0.500. The maximum absolute atomic E-state index is 5.22. The van der Waals surface area contributed by atoms with Gasteiger partial charge in [0.05, 0.1) is 19.5 Å². The second-order valence-electron chi connectivity index (χ2n) is 2.58. The van der Waals surface area contributed by atoms with E-state index in [0.29, 0.717) is 0 Å². The molecule has 0 aromatic rings. The molecule has 0 unspecified atom stereocenters. The third-order valence-corrected chi connectivity index (χ3v) is 1.44. The zero-order chi connectivity index (χ0) is 9.07. The van der Waals surface area contributed by atoms with Crippen LogP contribution in [0.3, 0.4) is 0 Å². The van der Waals surface area contributed by atoms with E-state index in [1.54, 1.807) is 6.26 Å². The van der Waals surface area contributed by atoms with Crippen LogP contribution in [0.1, 0.15) is 33.1 Å². The van der Waals surface area contributed by atoms with Gasteiger partial charge in [-0.05, 0) is 25.8 Å². The highest BCUT2D eigenvalue weighted by Gasteiger charge is 1.81. The minimum atomic E-state index is 0.796. The van der Waals surface area contributed by atoms with Gasteiger partial charge in [-0.1, -0.05) is 13.3 Å². The molecule has 0 aliphatic heterocycles. The molecule has 0 aromatic heterocycles. The lowest BCUT2D eigenvalue weighted by atomic mass is 10.4. The van der Waals surface area contributed by atoms with Crippen LogP contribution in [0, 0.1) is 0 Å². The molecule has 0 amide bonds. The van der Waals surface area contributed by atoms with Gasteiger partial charge in [0.25, 0.3) is 0 Å². The fourth-order valence-electron chi connectivity index (χ4n) is 0.728. The van der Waals surface area contributed by atoms with Gasteiger partial charge in [0.1, 0.15) is 0 Å². The zero-order valence-corrected chi connectivity index (χ0v) is 8.21. The summed E-state index contributed by atoms with van der Waals surface area (Å²) in [7, 11) is 0. The fourth-order valence-corrected chi connectivity index (χ4v) is 0.728. The first-order valence-corrected chi connectivity index (χ1v) is 4.76. The van der Waals surface area contributed by atoms with Crippen molar-refractivity contribution in [1.29, 1.82) is 0 Å². The van der Waals surface area contributed by atoms with Crippen LogP contribution in [0.2, 0.25) is 0 Å². The number of ether oxygens (including phenoxy) is 2. The molecular formula is C10H20O2. The summed E-state index contributed by atoms with van der Waals surface area (Å²) in [6, 6.07) is 0. The summed E-state index contributed by atoms with van der Waals surface area (Å²) < 4.78 is 10.4. The van der Waals surface area contributed by atoms with Gasteiger partial charge >= 0.3 is 0 Å². The van der Waals surface area contributed by atoms with Crippen molar-refractivity contribution in [1.82, 2.24) is 0 Å². The monoisotopic (exact) mass is 172 g/mol. The number of hydrogen-bond donors (Lipinski definition) is 0. The summed E-state index contributed by atoms with van der Waals surface area (Å²) in [4.78, 5) is 0. The summed E-state index contributed by atoms with van der Waals surface area (Å²) in [5.41, 5.74) is 0. The summed E-state index contributed by atoms with van der Waals surface area (Å²) in [5.74, 6) is 0. The molecule has 0 spiro atoms. The van der Waals surface area contributed by atoms with Crippen molar-refractivity contribution in [2.75, 3.05) is 19.8 Å². The van der Waals surface area contributed by atoms with E-state index < -0.39 is 0 Å². The lowest BCUT2D eigenvalue weighted by Crippen LogP contribution is -1.91. The third kappa shape index (κ3) is 9.50. The number of rotatable bonds is 8. The van der Waals surface area contributed by atoms with Gasteiger partial charge in [-0.2, -0.15) is 0 Å². The molecule has 0 saturated heterocycles. The molecule has 0 heterocycles. The van der Waals surface area contributed by atoms with Crippen LogP contribution in [0.4, 0.5) is 0 Å². The van der Waals surface area contributed by atoms with Crippen LogP contribution >= 0.6 is 0 Å². The smallest absolute Gasteiger partial charge is 0.0873 e. The van der Waals surface area contributed by atoms with E-state index in [4.69, 9.17) is 9.47 Å². The first kappa shape index (κ1) is 11.5. The van der Waals surface area contributed by atoms with Gasteiger partial charge in [0, 0.05) is 6.61 Å². The molecule has 0 aliphatic carbocycles. The molecule has 0 radical (unpaired) electrons.